The summed E-state index contributed by atoms with van der Waals surface area (Å²) in [5.41, 5.74) is 1.60. The molecule has 0 radical (unpaired) electrons. The first kappa shape index (κ1) is 19.5. The van der Waals surface area contributed by atoms with Crippen LogP contribution in [0.1, 0.15) is 47.0 Å². The van der Waals surface area contributed by atoms with E-state index in [0.29, 0.717) is 23.6 Å². The normalized spacial score (nSPS) is 11.8. The lowest BCUT2D eigenvalue weighted by Crippen LogP contribution is -2.14. The third-order valence-electron chi connectivity index (χ3n) is 3.76. The second kappa shape index (κ2) is 9.63. The topological polar surface area (TPSA) is 55.4 Å². The van der Waals surface area contributed by atoms with Crippen LogP contribution in [0.5, 0.6) is 0 Å². The lowest BCUT2D eigenvalue weighted by atomic mass is 9.99. The lowest BCUT2D eigenvalue weighted by molar-refractivity contribution is -0.115. The number of amides is 1. The summed E-state index contributed by atoms with van der Waals surface area (Å²) in [6, 6.07) is 11.9. The van der Waals surface area contributed by atoms with Crippen molar-refractivity contribution < 1.29 is 14.3 Å². The van der Waals surface area contributed by atoms with E-state index in [0.717, 1.165) is 10.6 Å². The summed E-state index contributed by atoms with van der Waals surface area (Å²) in [6.07, 6.45) is 2.38. The number of anilines is 1. The highest BCUT2D eigenvalue weighted by Gasteiger charge is 2.22. The first-order valence-corrected chi connectivity index (χ1v) is 10.4. The zero-order chi connectivity index (χ0) is 18.2. The van der Waals surface area contributed by atoms with Crippen LogP contribution in [-0.4, -0.2) is 30.5 Å². The van der Waals surface area contributed by atoms with Gasteiger partial charge in [-0.2, -0.15) is 11.8 Å². The minimum atomic E-state index is -0.398. The third kappa shape index (κ3) is 5.34. The van der Waals surface area contributed by atoms with E-state index in [9.17, 15) is 9.59 Å². The second-order valence-electron chi connectivity index (χ2n) is 5.54. The summed E-state index contributed by atoms with van der Waals surface area (Å²) in [7, 11) is 0. The Morgan fingerprint density at radius 1 is 1.28 bits per heavy atom. The molecule has 1 heterocycles. The van der Waals surface area contributed by atoms with E-state index in [4.69, 9.17) is 4.74 Å². The van der Waals surface area contributed by atoms with E-state index in [-0.39, 0.29) is 11.8 Å². The van der Waals surface area contributed by atoms with Gasteiger partial charge in [0.1, 0.15) is 5.00 Å². The van der Waals surface area contributed by atoms with Gasteiger partial charge < -0.3 is 10.1 Å². The number of carbonyl (C=O) groups excluding carboxylic acids is 2. The molecule has 0 aliphatic carbocycles. The summed E-state index contributed by atoms with van der Waals surface area (Å²) >= 11 is 3.06. The summed E-state index contributed by atoms with van der Waals surface area (Å²) in [5.74, 6) is 0.404. The highest BCUT2D eigenvalue weighted by molar-refractivity contribution is 7.98. The van der Waals surface area contributed by atoms with E-state index in [1.165, 1.54) is 16.9 Å². The Balaban J connectivity index is 2.28. The van der Waals surface area contributed by atoms with Crippen molar-refractivity contribution in [2.24, 2.45) is 0 Å². The number of hydrogen-bond acceptors (Lipinski definition) is 5. The smallest absolute Gasteiger partial charge is 0.341 e. The number of hydrogen-bond donors (Lipinski definition) is 1. The van der Waals surface area contributed by atoms with Gasteiger partial charge in [-0.1, -0.05) is 37.3 Å². The number of benzene rings is 1. The largest absolute Gasteiger partial charge is 0.462 e. The van der Waals surface area contributed by atoms with Crippen LogP contribution in [0, 0.1) is 0 Å². The second-order valence-corrected chi connectivity index (χ2v) is 7.60. The fraction of sp³-hybridized carbons (Fsp3) is 0.368. The molecular weight excluding hydrogens is 354 g/mol. The van der Waals surface area contributed by atoms with E-state index in [1.807, 2.05) is 30.5 Å². The predicted octanol–water partition coefficient (Wildman–Crippen LogP) is 4.77. The molecule has 0 saturated heterocycles. The molecule has 0 bridgehead atoms. The van der Waals surface area contributed by atoms with Crippen LogP contribution >= 0.6 is 23.1 Å². The molecule has 2 rings (SSSR count). The summed E-state index contributed by atoms with van der Waals surface area (Å²) < 4.78 is 5.14. The van der Waals surface area contributed by atoms with Crippen molar-refractivity contribution in [3.8, 4) is 0 Å². The molecule has 6 heteroatoms. The number of esters is 1. The minimum Gasteiger partial charge on any atom is -0.462 e. The number of ether oxygens (including phenoxy) is 1. The van der Waals surface area contributed by atoms with Crippen LogP contribution in [0.4, 0.5) is 5.00 Å². The Morgan fingerprint density at radius 2 is 2.00 bits per heavy atom. The molecule has 25 heavy (non-hydrogen) atoms. The lowest BCUT2D eigenvalue weighted by Gasteiger charge is -2.09. The molecule has 0 unspecified atom stereocenters. The van der Waals surface area contributed by atoms with Gasteiger partial charge in [-0.15, -0.1) is 11.3 Å². The average molecular weight is 378 g/mol. The summed E-state index contributed by atoms with van der Waals surface area (Å²) in [5, 5.41) is 3.45. The van der Waals surface area contributed by atoms with Crippen LogP contribution in [0.25, 0.3) is 0 Å². The molecule has 4 nitrogen and oxygen atoms in total. The van der Waals surface area contributed by atoms with Crippen molar-refractivity contribution in [2.75, 3.05) is 23.9 Å². The Kier molecular flexibility index (Phi) is 7.52. The zero-order valence-electron chi connectivity index (χ0n) is 14.7. The van der Waals surface area contributed by atoms with Crippen molar-refractivity contribution in [3.63, 3.8) is 0 Å². The maximum atomic E-state index is 12.3. The Morgan fingerprint density at radius 3 is 2.64 bits per heavy atom. The first-order chi connectivity index (χ1) is 12.1. The van der Waals surface area contributed by atoms with Gasteiger partial charge in [0, 0.05) is 23.0 Å². The first-order valence-electron chi connectivity index (χ1n) is 8.21. The minimum absolute atomic E-state index is 0.0827. The van der Waals surface area contributed by atoms with Gasteiger partial charge >= 0.3 is 5.97 Å². The third-order valence-corrected chi connectivity index (χ3v) is 5.60. The van der Waals surface area contributed by atoms with Gasteiger partial charge in [-0.25, -0.2) is 4.79 Å². The molecule has 2 aromatic rings. The summed E-state index contributed by atoms with van der Waals surface area (Å²) in [6.45, 7) is 4.17. The van der Waals surface area contributed by atoms with Gasteiger partial charge in [0.25, 0.3) is 0 Å². The molecule has 0 aliphatic rings. The quantitative estimate of drug-likeness (QED) is 0.673. The zero-order valence-corrected chi connectivity index (χ0v) is 16.3. The number of thioether (sulfide) groups is 1. The van der Waals surface area contributed by atoms with Crippen LogP contribution in [0.2, 0.25) is 0 Å². The molecule has 1 amide bonds. The maximum absolute atomic E-state index is 12.3. The van der Waals surface area contributed by atoms with Crippen LogP contribution in [0.15, 0.2) is 36.4 Å². The number of rotatable bonds is 8. The van der Waals surface area contributed by atoms with E-state index in [1.54, 1.807) is 18.7 Å². The fourth-order valence-electron chi connectivity index (χ4n) is 2.37. The highest BCUT2D eigenvalue weighted by Crippen LogP contribution is 2.36. The average Bonchev–Trinajstić information content (AvgIpc) is 3.04. The van der Waals surface area contributed by atoms with E-state index in [2.05, 4.69) is 24.4 Å². The van der Waals surface area contributed by atoms with Crippen molar-refractivity contribution in [1.29, 1.82) is 0 Å². The highest BCUT2D eigenvalue weighted by atomic mass is 32.2. The van der Waals surface area contributed by atoms with Crippen molar-refractivity contribution in [1.82, 2.24) is 0 Å². The molecule has 1 N–H and O–H groups in total. The molecule has 0 aliphatic heterocycles. The van der Waals surface area contributed by atoms with Gasteiger partial charge in [0.15, 0.2) is 0 Å². The maximum Gasteiger partial charge on any atom is 0.341 e. The van der Waals surface area contributed by atoms with Crippen molar-refractivity contribution in [3.05, 3.63) is 52.4 Å². The van der Waals surface area contributed by atoms with Crippen molar-refractivity contribution >= 4 is 40.0 Å². The van der Waals surface area contributed by atoms with E-state index < -0.39 is 5.97 Å². The van der Waals surface area contributed by atoms with Gasteiger partial charge in [-0.3, -0.25) is 4.79 Å². The van der Waals surface area contributed by atoms with Crippen LogP contribution < -0.4 is 5.32 Å². The SMILES string of the molecule is CCOC(=O)c1cc([C@@H](C)c2ccccc2)sc1NC(=O)CCSC. The molecule has 0 fully saturated rings. The predicted molar refractivity (Wildman–Crippen MR) is 106 cm³/mol. The standard InChI is InChI=1S/C19H23NO3S2/c1-4-23-19(22)15-12-16(13(2)14-8-6-5-7-9-14)25-18(15)20-17(21)10-11-24-3/h5-9,12-13H,4,10-11H2,1-3H3,(H,20,21)/t13-/m0/s1. The molecule has 134 valence electrons. The van der Waals surface area contributed by atoms with Crippen molar-refractivity contribution in [2.45, 2.75) is 26.2 Å². The molecule has 1 aromatic carbocycles. The number of nitrogens with one attached hydrogen (secondary N) is 1. The molecular formula is C19H23NO3S2. The number of carbonyl (C=O) groups is 2. The molecule has 0 saturated carbocycles. The van der Waals surface area contributed by atoms with Crippen LogP contribution in [0.3, 0.4) is 0 Å². The Hall–Kier alpha value is -1.79. The van der Waals surface area contributed by atoms with Gasteiger partial charge in [0.05, 0.1) is 12.2 Å². The Bertz CT molecular complexity index is 713. The van der Waals surface area contributed by atoms with Gasteiger partial charge in [-0.05, 0) is 24.8 Å². The fourth-order valence-corrected chi connectivity index (χ4v) is 3.90. The monoisotopic (exact) mass is 377 g/mol. The van der Waals surface area contributed by atoms with E-state index >= 15 is 0 Å². The summed E-state index contributed by atoms with van der Waals surface area (Å²) in [4.78, 5) is 25.4. The molecule has 1 atom stereocenters. The molecule has 1 aromatic heterocycles. The number of thiophene rings is 1. The van der Waals surface area contributed by atoms with Gasteiger partial charge in [0.2, 0.25) is 5.91 Å². The Labute approximate surface area is 157 Å². The van der Waals surface area contributed by atoms with Crippen LogP contribution in [-0.2, 0) is 9.53 Å². The molecule has 0 spiro atoms.